The Morgan fingerprint density at radius 3 is 2.22 bits per heavy atom. The number of aliphatic hydroxyl groups excluding tert-OH is 2. The lowest BCUT2D eigenvalue weighted by Crippen LogP contribution is -2.16. The minimum absolute atomic E-state index is 0.0222. The van der Waals surface area contributed by atoms with Crippen LogP contribution in [0.4, 0.5) is 4.39 Å². The maximum Gasteiger partial charge on any atom is 0.123 e. The zero-order chi connectivity index (χ0) is 23.8. The van der Waals surface area contributed by atoms with Crippen LogP contribution in [0.5, 0.6) is 0 Å². The van der Waals surface area contributed by atoms with Crippen molar-refractivity contribution in [1.82, 2.24) is 4.98 Å². The first kappa shape index (κ1) is 25.8. The third-order valence-electron chi connectivity index (χ3n) is 5.28. The van der Waals surface area contributed by atoms with Crippen molar-refractivity contribution in [3.05, 3.63) is 58.7 Å². The predicted octanol–water partition coefficient (Wildman–Crippen LogP) is 5.00. The number of benzene rings is 1. The molecule has 2 rings (SSSR count). The maximum atomic E-state index is 13.7. The molecule has 0 aliphatic heterocycles. The van der Waals surface area contributed by atoms with E-state index >= 15 is 0 Å². The maximum absolute atomic E-state index is 13.7. The van der Waals surface area contributed by atoms with Gasteiger partial charge in [0.2, 0.25) is 0 Å². The fraction of sp³-hybridized carbons (Fsp3) is 0.462. The summed E-state index contributed by atoms with van der Waals surface area (Å²) in [6.45, 7) is 8.60. The van der Waals surface area contributed by atoms with Gasteiger partial charge in [0.25, 0.3) is 0 Å². The quantitative estimate of drug-likeness (QED) is 0.478. The Balaban J connectivity index is 2.73. The average Bonchev–Trinajstić information content (AvgIpc) is 2.72. The van der Waals surface area contributed by atoms with Crippen LogP contribution in [0.3, 0.4) is 0 Å². The first-order valence-corrected chi connectivity index (χ1v) is 11.0. The van der Waals surface area contributed by atoms with Crippen molar-refractivity contribution in [2.24, 2.45) is 0 Å². The molecule has 0 amide bonds. The van der Waals surface area contributed by atoms with Crippen molar-refractivity contribution < 1.29 is 24.1 Å². The summed E-state index contributed by atoms with van der Waals surface area (Å²) >= 11 is 0. The Kier molecular flexibility index (Phi) is 9.69. The molecule has 0 bridgehead atoms. The van der Waals surface area contributed by atoms with Crippen molar-refractivity contribution in [2.45, 2.75) is 71.2 Å². The summed E-state index contributed by atoms with van der Waals surface area (Å²) in [5.74, 6) is -0.0689. The second kappa shape index (κ2) is 12.0. The van der Waals surface area contributed by atoms with E-state index in [1.165, 1.54) is 12.1 Å². The number of nitrogens with zero attached hydrogens (tertiary/aromatic N) is 1. The van der Waals surface area contributed by atoms with E-state index in [4.69, 9.17) is 9.72 Å². The summed E-state index contributed by atoms with van der Waals surface area (Å²) in [7, 11) is 1.63. The molecule has 1 aromatic heterocycles. The number of hydrogen-bond acceptors (Lipinski definition) is 5. The lowest BCUT2D eigenvalue weighted by Gasteiger charge is -2.23. The molecule has 2 atom stereocenters. The van der Waals surface area contributed by atoms with Gasteiger partial charge in [-0.2, -0.15) is 0 Å². The average molecular weight is 444 g/mol. The van der Waals surface area contributed by atoms with Crippen LogP contribution in [-0.4, -0.2) is 40.8 Å². The third kappa shape index (κ3) is 6.55. The lowest BCUT2D eigenvalue weighted by atomic mass is 9.87. The Labute approximate surface area is 190 Å². The van der Waals surface area contributed by atoms with Crippen molar-refractivity contribution in [3.63, 3.8) is 0 Å². The molecule has 0 radical (unpaired) electrons. The lowest BCUT2D eigenvalue weighted by molar-refractivity contribution is -0.109. The Bertz CT molecular complexity index is 922. The summed E-state index contributed by atoms with van der Waals surface area (Å²) in [5.41, 5.74) is 5.27. The molecule has 0 saturated heterocycles. The van der Waals surface area contributed by atoms with Crippen molar-refractivity contribution >= 4 is 12.4 Å². The number of aromatic nitrogens is 1. The first-order valence-electron chi connectivity index (χ1n) is 11.0. The predicted molar refractivity (Wildman–Crippen MR) is 125 cm³/mol. The summed E-state index contributed by atoms with van der Waals surface area (Å²) in [4.78, 5) is 15.6. The normalized spacial score (nSPS) is 13.8. The Morgan fingerprint density at radius 2 is 1.69 bits per heavy atom. The van der Waals surface area contributed by atoms with E-state index in [1.54, 1.807) is 25.3 Å². The Hall–Kier alpha value is -2.41. The summed E-state index contributed by atoms with van der Waals surface area (Å²) in [6.07, 6.45) is 2.25. The zero-order valence-electron chi connectivity index (χ0n) is 19.5. The minimum Gasteiger partial charge on any atom is -0.393 e. The van der Waals surface area contributed by atoms with Gasteiger partial charge in [-0.1, -0.05) is 52.0 Å². The molecule has 0 saturated carbocycles. The fourth-order valence-corrected chi connectivity index (χ4v) is 3.77. The van der Waals surface area contributed by atoms with Crippen LogP contribution >= 0.6 is 0 Å². The molecule has 5 nitrogen and oxygen atoms in total. The monoisotopic (exact) mass is 443 g/mol. The van der Waals surface area contributed by atoms with Crippen molar-refractivity contribution in [1.29, 1.82) is 0 Å². The molecule has 0 aliphatic rings. The molecule has 2 N–H and O–H groups in total. The van der Waals surface area contributed by atoms with Crippen LogP contribution in [-0.2, 0) is 16.1 Å². The number of carbonyl (C=O) groups is 1. The van der Waals surface area contributed by atoms with Gasteiger partial charge in [0.1, 0.15) is 12.1 Å². The van der Waals surface area contributed by atoms with E-state index in [9.17, 15) is 19.4 Å². The number of rotatable bonds is 11. The number of aldehydes is 1. The van der Waals surface area contributed by atoms with E-state index in [2.05, 4.69) is 27.7 Å². The molecule has 1 aromatic carbocycles. The topological polar surface area (TPSA) is 79.7 Å². The molecule has 2 aromatic rings. The van der Waals surface area contributed by atoms with Gasteiger partial charge in [0.15, 0.2) is 0 Å². The van der Waals surface area contributed by atoms with Crippen molar-refractivity contribution in [3.8, 4) is 11.1 Å². The Morgan fingerprint density at radius 1 is 1.06 bits per heavy atom. The van der Waals surface area contributed by atoms with Crippen LogP contribution in [0.2, 0.25) is 0 Å². The summed E-state index contributed by atoms with van der Waals surface area (Å²) in [5, 5.41) is 20.2. The van der Waals surface area contributed by atoms with Gasteiger partial charge in [-0.05, 0) is 35.1 Å². The van der Waals surface area contributed by atoms with Gasteiger partial charge in [-0.25, -0.2) is 4.39 Å². The highest BCUT2D eigenvalue weighted by atomic mass is 19.1. The second-order valence-corrected chi connectivity index (χ2v) is 8.62. The van der Waals surface area contributed by atoms with Crippen LogP contribution < -0.4 is 0 Å². The smallest absolute Gasteiger partial charge is 0.123 e. The highest BCUT2D eigenvalue weighted by Gasteiger charge is 2.23. The SMILES string of the molecule is COCc1c(C(C)C)nc(C(C)C)c(/C=C/C(O)CC(O)CC=O)c1-c1ccc(F)cc1. The number of carbonyl (C=O) groups excluding carboxylic acids is 1. The van der Waals surface area contributed by atoms with Gasteiger partial charge < -0.3 is 19.7 Å². The molecule has 174 valence electrons. The molecule has 6 heteroatoms. The molecule has 2 unspecified atom stereocenters. The second-order valence-electron chi connectivity index (χ2n) is 8.62. The summed E-state index contributed by atoms with van der Waals surface area (Å²) < 4.78 is 19.2. The van der Waals surface area contributed by atoms with Gasteiger partial charge in [0.05, 0.1) is 24.5 Å². The number of aliphatic hydroxyl groups is 2. The highest BCUT2D eigenvalue weighted by Crippen LogP contribution is 2.37. The van der Waals surface area contributed by atoms with Gasteiger partial charge >= 0.3 is 0 Å². The molecule has 0 spiro atoms. The van der Waals surface area contributed by atoms with Gasteiger partial charge in [0, 0.05) is 36.8 Å². The number of pyridine rings is 1. The molecule has 1 heterocycles. The van der Waals surface area contributed by atoms with Crippen LogP contribution in [0.15, 0.2) is 30.3 Å². The van der Waals surface area contributed by atoms with Crippen molar-refractivity contribution in [2.75, 3.05) is 7.11 Å². The van der Waals surface area contributed by atoms with E-state index in [0.717, 1.165) is 33.6 Å². The van der Waals surface area contributed by atoms with Gasteiger partial charge in [-0.3, -0.25) is 4.98 Å². The van der Waals surface area contributed by atoms with Crippen LogP contribution in [0.25, 0.3) is 17.2 Å². The minimum atomic E-state index is -0.929. The molecular weight excluding hydrogens is 409 g/mol. The van der Waals surface area contributed by atoms with Gasteiger partial charge in [-0.15, -0.1) is 0 Å². The molecule has 0 aliphatic carbocycles. The van der Waals surface area contributed by atoms with Crippen LogP contribution in [0.1, 0.15) is 74.9 Å². The van der Waals surface area contributed by atoms with Crippen LogP contribution in [0, 0.1) is 5.82 Å². The standard InChI is InChI=1S/C26H34FNO4/c1-16(2)25-22(11-10-20(30)14-21(31)12-13-29)24(18-6-8-19(27)9-7-18)23(15-32-5)26(28-25)17(3)4/h6-11,13,16-17,20-21,30-31H,12,14-15H2,1-5H3/b11-10+. The largest absolute Gasteiger partial charge is 0.393 e. The number of hydrogen-bond donors (Lipinski definition) is 2. The number of halogens is 1. The molecule has 32 heavy (non-hydrogen) atoms. The number of ether oxygens (including phenoxy) is 1. The van der Waals surface area contributed by atoms with E-state index in [0.29, 0.717) is 12.9 Å². The zero-order valence-corrected chi connectivity index (χ0v) is 19.5. The van der Waals surface area contributed by atoms with E-state index in [1.807, 2.05) is 6.08 Å². The highest BCUT2D eigenvalue weighted by molar-refractivity contribution is 5.80. The molecular formula is C26H34FNO4. The fourth-order valence-electron chi connectivity index (χ4n) is 3.77. The summed E-state index contributed by atoms with van der Waals surface area (Å²) in [6, 6.07) is 6.32. The third-order valence-corrected chi connectivity index (χ3v) is 5.28. The number of methoxy groups -OCH3 is 1. The van der Waals surface area contributed by atoms with E-state index < -0.39 is 12.2 Å². The first-order chi connectivity index (χ1) is 15.2. The van der Waals surface area contributed by atoms with E-state index in [-0.39, 0.29) is 30.5 Å². The molecule has 0 fully saturated rings.